The van der Waals surface area contributed by atoms with Gasteiger partial charge in [0.05, 0.1) is 10.5 Å². The SMILES string of the molecule is Nc1c(C#CCCNC(=O)OCc2ccccc2)cc(Cl)cc1[N+](=O)[O-]. The van der Waals surface area contributed by atoms with Gasteiger partial charge in [0, 0.05) is 24.1 Å². The van der Waals surface area contributed by atoms with E-state index in [1.54, 1.807) is 0 Å². The minimum Gasteiger partial charge on any atom is -0.445 e. The Morgan fingerprint density at radius 3 is 2.73 bits per heavy atom. The summed E-state index contributed by atoms with van der Waals surface area (Å²) in [5.74, 6) is 5.51. The molecule has 0 fully saturated rings. The van der Waals surface area contributed by atoms with Gasteiger partial charge in [-0.2, -0.15) is 0 Å². The number of nitrogens with two attached hydrogens (primary N) is 1. The van der Waals surface area contributed by atoms with E-state index in [1.165, 1.54) is 12.1 Å². The molecule has 0 saturated heterocycles. The molecule has 0 aromatic heterocycles. The largest absolute Gasteiger partial charge is 0.445 e. The number of carbonyl (C=O) groups excluding carboxylic acids is 1. The molecule has 0 aliphatic heterocycles. The van der Waals surface area contributed by atoms with Crippen LogP contribution in [0.15, 0.2) is 42.5 Å². The molecule has 0 aliphatic rings. The van der Waals surface area contributed by atoms with Gasteiger partial charge >= 0.3 is 6.09 Å². The molecule has 134 valence electrons. The quantitative estimate of drug-likeness (QED) is 0.274. The van der Waals surface area contributed by atoms with Crippen LogP contribution in [0.4, 0.5) is 16.2 Å². The smallest absolute Gasteiger partial charge is 0.407 e. The first-order chi connectivity index (χ1) is 12.5. The topological polar surface area (TPSA) is 107 Å². The number of nitrogens with zero attached hydrogens (tertiary/aromatic N) is 1. The van der Waals surface area contributed by atoms with Crippen molar-refractivity contribution in [1.29, 1.82) is 0 Å². The van der Waals surface area contributed by atoms with Crippen LogP contribution in [-0.2, 0) is 11.3 Å². The van der Waals surface area contributed by atoms with Crippen LogP contribution in [0.2, 0.25) is 5.02 Å². The monoisotopic (exact) mass is 373 g/mol. The minimum atomic E-state index is -0.614. The first-order valence-electron chi connectivity index (χ1n) is 7.64. The summed E-state index contributed by atoms with van der Waals surface area (Å²) >= 11 is 5.83. The number of halogens is 1. The molecule has 0 bridgehead atoms. The number of benzene rings is 2. The lowest BCUT2D eigenvalue weighted by Crippen LogP contribution is -2.24. The minimum absolute atomic E-state index is 0.0397. The van der Waals surface area contributed by atoms with Crippen molar-refractivity contribution in [2.45, 2.75) is 13.0 Å². The van der Waals surface area contributed by atoms with Gasteiger partial charge in [0.1, 0.15) is 12.3 Å². The van der Waals surface area contributed by atoms with Gasteiger partial charge in [-0.1, -0.05) is 53.8 Å². The molecule has 26 heavy (non-hydrogen) atoms. The Morgan fingerprint density at radius 2 is 2.04 bits per heavy atom. The third-order valence-corrected chi connectivity index (χ3v) is 3.49. The summed E-state index contributed by atoms with van der Waals surface area (Å²) in [7, 11) is 0. The van der Waals surface area contributed by atoms with E-state index in [2.05, 4.69) is 17.2 Å². The Hall–Kier alpha value is -3.24. The van der Waals surface area contributed by atoms with Crippen LogP contribution in [0, 0.1) is 22.0 Å². The van der Waals surface area contributed by atoms with Gasteiger partial charge in [-0.25, -0.2) is 4.79 Å². The highest BCUT2D eigenvalue weighted by molar-refractivity contribution is 6.31. The van der Waals surface area contributed by atoms with Gasteiger partial charge in [-0.3, -0.25) is 10.1 Å². The van der Waals surface area contributed by atoms with E-state index in [0.29, 0.717) is 6.42 Å². The predicted molar refractivity (Wildman–Crippen MR) is 98.6 cm³/mol. The molecule has 3 N–H and O–H groups in total. The lowest BCUT2D eigenvalue weighted by atomic mass is 10.1. The predicted octanol–water partition coefficient (Wildman–Crippen LogP) is 3.50. The fraction of sp³-hybridized carbons (Fsp3) is 0.167. The first-order valence-corrected chi connectivity index (χ1v) is 8.02. The molecule has 0 spiro atoms. The van der Waals surface area contributed by atoms with Gasteiger partial charge in [-0.15, -0.1) is 0 Å². The average molecular weight is 374 g/mol. The molecule has 2 aromatic carbocycles. The summed E-state index contributed by atoms with van der Waals surface area (Å²) < 4.78 is 5.06. The van der Waals surface area contributed by atoms with Crippen LogP contribution in [0.25, 0.3) is 0 Å². The summed E-state index contributed by atoms with van der Waals surface area (Å²) in [5, 5.41) is 13.6. The van der Waals surface area contributed by atoms with Gasteiger partial charge in [0.25, 0.3) is 5.69 Å². The van der Waals surface area contributed by atoms with Crippen molar-refractivity contribution in [3.05, 3.63) is 68.7 Å². The van der Waals surface area contributed by atoms with Gasteiger partial charge in [-0.05, 0) is 11.6 Å². The molecule has 7 nitrogen and oxygen atoms in total. The summed E-state index contributed by atoms with van der Waals surface area (Å²) in [6.45, 7) is 0.449. The normalized spacial score (nSPS) is 9.73. The number of nitro groups is 1. The fourth-order valence-electron chi connectivity index (χ4n) is 2.02. The zero-order valence-electron chi connectivity index (χ0n) is 13.7. The number of nitro benzene ring substituents is 1. The highest BCUT2D eigenvalue weighted by atomic mass is 35.5. The second-order valence-electron chi connectivity index (χ2n) is 5.18. The van der Waals surface area contributed by atoms with Crippen molar-refractivity contribution in [3.8, 4) is 11.8 Å². The molecule has 0 atom stereocenters. The maximum absolute atomic E-state index is 11.6. The maximum atomic E-state index is 11.6. The molecular weight excluding hydrogens is 358 g/mol. The van der Waals surface area contributed by atoms with E-state index in [1.807, 2.05) is 30.3 Å². The first kappa shape index (κ1) is 19.1. The van der Waals surface area contributed by atoms with Crippen molar-refractivity contribution in [2.75, 3.05) is 12.3 Å². The van der Waals surface area contributed by atoms with E-state index >= 15 is 0 Å². The second-order valence-corrected chi connectivity index (χ2v) is 5.62. The number of anilines is 1. The van der Waals surface area contributed by atoms with Crippen LogP contribution in [0.1, 0.15) is 17.5 Å². The highest BCUT2D eigenvalue weighted by Crippen LogP contribution is 2.28. The Kier molecular flexibility index (Phi) is 6.83. The van der Waals surface area contributed by atoms with Crippen LogP contribution >= 0.6 is 11.6 Å². The van der Waals surface area contributed by atoms with E-state index in [0.717, 1.165) is 5.56 Å². The van der Waals surface area contributed by atoms with Crippen molar-refractivity contribution in [1.82, 2.24) is 5.32 Å². The number of amides is 1. The maximum Gasteiger partial charge on any atom is 0.407 e. The summed E-state index contributed by atoms with van der Waals surface area (Å²) in [5.41, 5.74) is 6.55. The third-order valence-electron chi connectivity index (χ3n) is 3.27. The molecule has 2 aromatic rings. The standard InChI is InChI=1S/C18H16ClN3O4/c19-15-10-14(17(20)16(11-15)22(24)25)8-4-5-9-21-18(23)26-12-13-6-2-1-3-7-13/h1-3,6-7,10-11H,5,9,12,20H2,(H,21,23). The molecule has 8 heteroatoms. The summed E-state index contributed by atoms with van der Waals surface area (Å²) in [6.07, 6.45) is -0.228. The molecule has 1 amide bonds. The molecule has 0 aliphatic carbocycles. The molecule has 0 unspecified atom stereocenters. The van der Waals surface area contributed by atoms with Gasteiger partial charge < -0.3 is 15.8 Å². The zero-order valence-corrected chi connectivity index (χ0v) is 14.5. The Bertz CT molecular complexity index is 860. The number of hydrogen-bond donors (Lipinski definition) is 2. The molecule has 2 rings (SSSR count). The highest BCUT2D eigenvalue weighted by Gasteiger charge is 2.15. The summed E-state index contributed by atoms with van der Waals surface area (Å²) in [6, 6.07) is 11.9. The third kappa shape index (κ3) is 5.69. The van der Waals surface area contributed by atoms with Crippen LogP contribution in [-0.4, -0.2) is 17.6 Å². The molecule has 0 saturated carbocycles. The number of ether oxygens (including phenoxy) is 1. The van der Waals surface area contributed by atoms with Crippen molar-refractivity contribution in [2.24, 2.45) is 0 Å². The van der Waals surface area contributed by atoms with E-state index in [4.69, 9.17) is 22.1 Å². The Labute approximate surface area is 155 Å². The fourth-order valence-corrected chi connectivity index (χ4v) is 2.23. The number of nitrogen functional groups attached to an aromatic ring is 1. The van der Waals surface area contributed by atoms with Gasteiger partial charge in [0.15, 0.2) is 0 Å². The second kappa shape index (κ2) is 9.30. The Morgan fingerprint density at radius 1 is 1.31 bits per heavy atom. The lowest BCUT2D eigenvalue weighted by molar-refractivity contribution is -0.383. The number of alkyl carbamates (subject to hydrolysis) is 1. The molecular formula is C18H16ClN3O4. The zero-order chi connectivity index (χ0) is 18.9. The van der Waals surface area contributed by atoms with E-state index in [-0.39, 0.29) is 35.1 Å². The number of nitrogens with one attached hydrogen (secondary N) is 1. The van der Waals surface area contributed by atoms with Gasteiger partial charge in [0.2, 0.25) is 0 Å². The van der Waals surface area contributed by atoms with Crippen LogP contribution < -0.4 is 11.1 Å². The summed E-state index contributed by atoms with van der Waals surface area (Å²) in [4.78, 5) is 21.9. The number of carbonyl (C=O) groups is 1. The average Bonchev–Trinajstić information content (AvgIpc) is 2.62. The number of rotatable bonds is 5. The Balaban J connectivity index is 1.82. The van der Waals surface area contributed by atoms with Crippen LogP contribution in [0.3, 0.4) is 0 Å². The molecule has 0 radical (unpaired) electrons. The van der Waals surface area contributed by atoms with E-state index < -0.39 is 11.0 Å². The lowest BCUT2D eigenvalue weighted by Gasteiger charge is -2.05. The van der Waals surface area contributed by atoms with Crippen molar-refractivity contribution in [3.63, 3.8) is 0 Å². The van der Waals surface area contributed by atoms with E-state index in [9.17, 15) is 14.9 Å². The number of hydrogen-bond acceptors (Lipinski definition) is 5. The molecule has 0 heterocycles. The van der Waals surface area contributed by atoms with Crippen molar-refractivity contribution >= 4 is 29.1 Å². The van der Waals surface area contributed by atoms with Crippen molar-refractivity contribution < 1.29 is 14.5 Å². The van der Waals surface area contributed by atoms with Crippen LogP contribution in [0.5, 0.6) is 0 Å².